The number of aromatic nitrogens is 6. The maximum atomic E-state index is 5.56. The van der Waals surface area contributed by atoms with Crippen LogP contribution in [0.5, 0.6) is 0 Å². The Kier molecular flexibility index (Phi) is 4.24. The van der Waals surface area contributed by atoms with Crippen LogP contribution in [0.15, 0.2) is 30.7 Å². The fraction of sp³-hybridized carbons (Fsp3) is 0.478. The number of hydrogen-bond donors (Lipinski definition) is 1. The zero-order chi connectivity index (χ0) is 21.0. The average molecular weight is 418 g/mol. The topological polar surface area (TPSA) is 82.2 Å². The van der Waals surface area contributed by atoms with E-state index >= 15 is 0 Å². The van der Waals surface area contributed by atoms with Crippen LogP contribution in [0.3, 0.4) is 0 Å². The number of imidazole rings is 1. The van der Waals surface area contributed by atoms with Crippen LogP contribution in [-0.4, -0.2) is 48.9 Å². The molecule has 0 spiro atoms. The lowest BCUT2D eigenvalue weighted by atomic mass is 10.1. The Labute approximate surface area is 180 Å². The number of anilines is 1. The second-order valence-corrected chi connectivity index (χ2v) is 9.24. The van der Waals surface area contributed by atoms with E-state index in [0.717, 1.165) is 66.2 Å². The molecule has 1 N–H and O–H groups in total. The first-order chi connectivity index (χ1) is 15.1. The Morgan fingerprint density at radius 3 is 2.81 bits per heavy atom. The van der Waals surface area contributed by atoms with Gasteiger partial charge in [-0.15, -0.1) is 5.10 Å². The highest BCUT2D eigenvalue weighted by atomic mass is 16.5. The molecule has 160 valence electrons. The molecule has 31 heavy (non-hydrogen) atoms. The molecule has 4 aromatic rings. The predicted octanol–water partition coefficient (Wildman–Crippen LogP) is 4.01. The van der Waals surface area contributed by atoms with Gasteiger partial charge in [0.25, 0.3) is 0 Å². The smallest absolute Gasteiger partial charge is 0.241 e. The van der Waals surface area contributed by atoms with Crippen molar-refractivity contribution < 1.29 is 4.74 Å². The van der Waals surface area contributed by atoms with Crippen LogP contribution < -0.4 is 5.32 Å². The molecule has 1 aliphatic heterocycles. The van der Waals surface area contributed by atoms with Crippen molar-refractivity contribution in [3.8, 4) is 11.1 Å². The molecular formula is C23H27N7O. The lowest BCUT2D eigenvalue weighted by Gasteiger charge is -2.25. The quantitative estimate of drug-likeness (QED) is 0.528. The molecule has 6 rings (SSSR count). The van der Waals surface area contributed by atoms with Crippen LogP contribution in [0.4, 0.5) is 5.95 Å². The van der Waals surface area contributed by atoms with Crippen molar-refractivity contribution in [2.75, 3.05) is 25.1 Å². The second kappa shape index (κ2) is 7.02. The van der Waals surface area contributed by atoms with Crippen molar-refractivity contribution in [2.45, 2.75) is 45.6 Å². The van der Waals surface area contributed by atoms with Crippen LogP contribution in [0.25, 0.3) is 27.8 Å². The highest BCUT2D eigenvalue weighted by Crippen LogP contribution is 2.44. The minimum absolute atomic E-state index is 0.409. The van der Waals surface area contributed by atoms with Gasteiger partial charge in [0.2, 0.25) is 5.95 Å². The molecule has 8 nitrogen and oxygen atoms in total. The van der Waals surface area contributed by atoms with Crippen LogP contribution in [0.1, 0.15) is 44.5 Å². The summed E-state index contributed by atoms with van der Waals surface area (Å²) >= 11 is 0. The maximum Gasteiger partial charge on any atom is 0.241 e. The number of rotatable bonds is 5. The van der Waals surface area contributed by atoms with Gasteiger partial charge in [0.1, 0.15) is 5.82 Å². The summed E-state index contributed by atoms with van der Waals surface area (Å²) in [5, 5.41) is 8.03. The molecule has 2 fully saturated rings. The predicted molar refractivity (Wildman–Crippen MR) is 119 cm³/mol. The van der Waals surface area contributed by atoms with E-state index in [1.165, 1.54) is 12.8 Å². The van der Waals surface area contributed by atoms with Crippen LogP contribution in [0.2, 0.25) is 0 Å². The Morgan fingerprint density at radius 1 is 1.16 bits per heavy atom. The van der Waals surface area contributed by atoms with Crippen molar-refractivity contribution in [2.24, 2.45) is 5.41 Å². The first-order valence-electron chi connectivity index (χ1n) is 11.1. The zero-order valence-electron chi connectivity index (χ0n) is 18.0. The van der Waals surface area contributed by atoms with Gasteiger partial charge in [-0.3, -0.25) is 0 Å². The first kappa shape index (κ1) is 18.7. The van der Waals surface area contributed by atoms with E-state index in [0.29, 0.717) is 17.4 Å². The molecule has 5 heterocycles. The molecule has 4 aromatic heterocycles. The minimum Gasteiger partial charge on any atom is -0.381 e. The number of fused-ring (bicyclic) bond motifs is 2. The lowest BCUT2D eigenvalue weighted by molar-refractivity contribution is 0.0701. The van der Waals surface area contributed by atoms with Crippen LogP contribution in [-0.2, 0) is 4.74 Å². The molecule has 0 amide bonds. The highest BCUT2D eigenvalue weighted by molar-refractivity contribution is 5.85. The second-order valence-electron chi connectivity index (χ2n) is 9.24. The molecule has 2 aliphatic rings. The summed E-state index contributed by atoms with van der Waals surface area (Å²) in [4.78, 5) is 13.9. The number of hydrogen-bond acceptors (Lipinski definition) is 6. The van der Waals surface area contributed by atoms with Gasteiger partial charge >= 0.3 is 0 Å². The third-order valence-corrected chi connectivity index (χ3v) is 6.78. The van der Waals surface area contributed by atoms with Crippen molar-refractivity contribution >= 4 is 22.6 Å². The van der Waals surface area contributed by atoms with E-state index < -0.39 is 0 Å². The zero-order valence-corrected chi connectivity index (χ0v) is 18.0. The summed E-state index contributed by atoms with van der Waals surface area (Å²) < 4.78 is 9.79. The van der Waals surface area contributed by atoms with Crippen LogP contribution in [0, 0.1) is 12.3 Å². The largest absolute Gasteiger partial charge is 0.381 e. The summed E-state index contributed by atoms with van der Waals surface area (Å²) in [6, 6.07) is 4.69. The number of nitrogens with zero attached hydrogens (tertiary/aromatic N) is 6. The summed E-state index contributed by atoms with van der Waals surface area (Å²) in [5.74, 6) is 1.68. The maximum absolute atomic E-state index is 5.56. The Hall–Kier alpha value is -3.00. The number of ether oxygens (including phenoxy) is 1. The van der Waals surface area contributed by atoms with Gasteiger partial charge in [0, 0.05) is 49.3 Å². The van der Waals surface area contributed by atoms with E-state index in [1.807, 2.05) is 23.1 Å². The van der Waals surface area contributed by atoms with E-state index in [4.69, 9.17) is 9.72 Å². The molecule has 1 aliphatic carbocycles. The monoisotopic (exact) mass is 417 g/mol. The number of pyridine rings is 1. The standard InChI is InChI=1S/C23H27N7O/c1-15-27-21-19(30(15)17-4-9-31-10-5-17)11-16(12-24-21)18-3-8-29-20(18)13-25-22(28-29)26-14-23(2)6-7-23/h3,8,11-13,17H,4-7,9-10,14H2,1-2H3,(H,26,28). The Morgan fingerprint density at radius 2 is 2.00 bits per heavy atom. The lowest BCUT2D eigenvalue weighted by Crippen LogP contribution is -2.20. The van der Waals surface area contributed by atoms with Gasteiger partial charge in [-0.05, 0) is 50.2 Å². The summed E-state index contributed by atoms with van der Waals surface area (Å²) in [7, 11) is 0. The van der Waals surface area contributed by atoms with Crippen molar-refractivity contribution in [1.29, 1.82) is 0 Å². The van der Waals surface area contributed by atoms with E-state index in [9.17, 15) is 0 Å². The third kappa shape index (κ3) is 3.35. The highest BCUT2D eigenvalue weighted by Gasteiger charge is 2.37. The first-order valence-corrected chi connectivity index (χ1v) is 11.1. The fourth-order valence-electron chi connectivity index (χ4n) is 4.55. The molecule has 0 bridgehead atoms. The molecule has 1 saturated carbocycles. The summed E-state index contributed by atoms with van der Waals surface area (Å²) in [6.07, 6.45) is 10.3. The van der Waals surface area contributed by atoms with E-state index in [1.54, 1.807) is 0 Å². The number of nitrogens with one attached hydrogen (secondary N) is 1. The molecule has 0 aromatic carbocycles. The Balaban J connectivity index is 1.36. The van der Waals surface area contributed by atoms with Gasteiger partial charge in [0.15, 0.2) is 5.65 Å². The van der Waals surface area contributed by atoms with E-state index in [-0.39, 0.29) is 0 Å². The molecule has 0 radical (unpaired) electrons. The molecular weight excluding hydrogens is 390 g/mol. The summed E-state index contributed by atoms with van der Waals surface area (Å²) in [6.45, 7) is 6.88. The van der Waals surface area contributed by atoms with Gasteiger partial charge in [-0.1, -0.05) is 6.92 Å². The third-order valence-electron chi connectivity index (χ3n) is 6.78. The SMILES string of the molecule is Cc1nc2ncc(-c3ccn4nc(NCC5(C)CC5)ncc34)cc2n1C1CCOCC1. The van der Waals surface area contributed by atoms with Gasteiger partial charge in [-0.25, -0.2) is 19.5 Å². The van der Waals surface area contributed by atoms with Crippen molar-refractivity contribution in [1.82, 2.24) is 29.1 Å². The average Bonchev–Trinajstić information content (AvgIpc) is 3.24. The van der Waals surface area contributed by atoms with Gasteiger partial charge in [-0.2, -0.15) is 0 Å². The molecule has 1 saturated heterocycles. The summed E-state index contributed by atoms with van der Waals surface area (Å²) in [5.41, 5.74) is 5.39. The number of aryl methyl sites for hydroxylation is 1. The van der Waals surface area contributed by atoms with Crippen molar-refractivity contribution in [3.05, 3.63) is 36.5 Å². The van der Waals surface area contributed by atoms with Gasteiger partial charge < -0.3 is 14.6 Å². The fourth-order valence-corrected chi connectivity index (χ4v) is 4.55. The Bertz CT molecular complexity index is 1260. The normalized spacial score (nSPS) is 18.6. The molecule has 0 atom stereocenters. The van der Waals surface area contributed by atoms with E-state index in [2.05, 4.69) is 50.9 Å². The minimum atomic E-state index is 0.409. The van der Waals surface area contributed by atoms with Gasteiger partial charge in [0.05, 0.1) is 17.2 Å². The molecule has 0 unspecified atom stereocenters. The molecule has 8 heteroatoms. The van der Waals surface area contributed by atoms with Crippen molar-refractivity contribution in [3.63, 3.8) is 0 Å². The van der Waals surface area contributed by atoms with Crippen LogP contribution >= 0.6 is 0 Å².